The highest BCUT2D eigenvalue weighted by molar-refractivity contribution is 7.89. The van der Waals surface area contributed by atoms with E-state index in [9.17, 15) is 18.0 Å². The van der Waals surface area contributed by atoms with Crippen LogP contribution in [0.3, 0.4) is 0 Å². The molecule has 10 heteroatoms. The number of nitrogens with two attached hydrogens (primary N) is 1. The van der Waals surface area contributed by atoms with Crippen molar-refractivity contribution >= 4 is 27.7 Å². The van der Waals surface area contributed by atoms with Crippen LogP contribution in [0.2, 0.25) is 0 Å². The van der Waals surface area contributed by atoms with Gasteiger partial charge in [0.1, 0.15) is 11.9 Å². The molecule has 2 amide bonds. The minimum atomic E-state index is -3.98. The summed E-state index contributed by atoms with van der Waals surface area (Å²) in [6.07, 6.45) is 2.61. The second kappa shape index (κ2) is 6.89. The molecule has 138 valence electrons. The van der Waals surface area contributed by atoms with Crippen molar-refractivity contribution in [2.45, 2.75) is 23.8 Å². The lowest BCUT2D eigenvalue weighted by atomic mass is 10.1. The van der Waals surface area contributed by atoms with Crippen molar-refractivity contribution in [1.82, 2.24) is 14.5 Å². The summed E-state index contributed by atoms with van der Waals surface area (Å²) in [5.74, 6) is -0.456. The van der Waals surface area contributed by atoms with Crippen molar-refractivity contribution < 1.29 is 18.0 Å². The van der Waals surface area contributed by atoms with Gasteiger partial charge in [-0.25, -0.2) is 8.42 Å². The van der Waals surface area contributed by atoms with Crippen LogP contribution in [0.4, 0.5) is 5.82 Å². The fourth-order valence-corrected chi connectivity index (χ4v) is 4.18. The van der Waals surface area contributed by atoms with E-state index in [-0.39, 0.29) is 16.4 Å². The van der Waals surface area contributed by atoms with Gasteiger partial charge >= 0.3 is 0 Å². The Kier molecular flexibility index (Phi) is 4.79. The first-order chi connectivity index (χ1) is 12.3. The molecule has 1 fully saturated rings. The molecule has 0 radical (unpaired) electrons. The number of carbonyl (C=O) groups excluding carboxylic acids is 2. The molecule has 1 saturated heterocycles. The van der Waals surface area contributed by atoms with Crippen LogP contribution in [0.15, 0.2) is 41.4 Å². The van der Waals surface area contributed by atoms with Crippen LogP contribution in [0.25, 0.3) is 0 Å². The van der Waals surface area contributed by atoms with Crippen LogP contribution in [0.1, 0.15) is 23.2 Å². The SMILES string of the molecule is Cn1nccc1N1CCCC(NS(=O)(=O)c2cccc(C(N)=O)c2)C1=O. The van der Waals surface area contributed by atoms with Gasteiger partial charge in [-0.1, -0.05) is 6.07 Å². The fourth-order valence-electron chi connectivity index (χ4n) is 2.92. The van der Waals surface area contributed by atoms with Crippen molar-refractivity contribution in [2.24, 2.45) is 12.8 Å². The Labute approximate surface area is 150 Å². The van der Waals surface area contributed by atoms with Gasteiger partial charge in [-0.3, -0.25) is 19.2 Å². The van der Waals surface area contributed by atoms with Crippen LogP contribution in [-0.4, -0.2) is 42.6 Å². The second-order valence-electron chi connectivity index (χ2n) is 6.01. The summed E-state index contributed by atoms with van der Waals surface area (Å²) in [4.78, 5) is 25.4. The Balaban J connectivity index is 1.83. The van der Waals surface area contributed by atoms with Crippen LogP contribution in [-0.2, 0) is 21.9 Å². The third-order valence-electron chi connectivity index (χ3n) is 4.24. The van der Waals surface area contributed by atoms with Gasteiger partial charge in [0.05, 0.1) is 11.1 Å². The van der Waals surface area contributed by atoms with E-state index in [1.807, 2.05) is 0 Å². The lowest BCUT2D eigenvalue weighted by Crippen LogP contribution is -2.52. The summed E-state index contributed by atoms with van der Waals surface area (Å²) in [5.41, 5.74) is 5.28. The smallest absolute Gasteiger partial charge is 0.248 e. The van der Waals surface area contributed by atoms with E-state index in [4.69, 9.17) is 5.73 Å². The number of nitrogens with zero attached hydrogens (tertiary/aromatic N) is 3. The molecule has 0 saturated carbocycles. The van der Waals surface area contributed by atoms with Crippen molar-refractivity contribution in [3.63, 3.8) is 0 Å². The number of amides is 2. The van der Waals surface area contributed by atoms with Crippen LogP contribution >= 0.6 is 0 Å². The van der Waals surface area contributed by atoms with Gasteiger partial charge in [0.2, 0.25) is 21.8 Å². The standard InChI is InChI=1S/C16H19N5O4S/c1-20-14(7-8-18-20)21-9-3-6-13(16(21)23)19-26(24,25)12-5-2-4-11(10-12)15(17)22/h2,4-5,7-8,10,13,19H,3,6,9H2,1H3,(H2,17,22). The molecule has 26 heavy (non-hydrogen) atoms. The Bertz CT molecular complexity index is 953. The Hall–Kier alpha value is -2.72. The number of benzene rings is 1. The van der Waals surface area contributed by atoms with Gasteiger partial charge in [0.15, 0.2) is 0 Å². The highest BCUT2D eigenvalue weighted by Gasteiger charge is 2.34. The molecule has 1 unspecified atom stereocenters. The number of aryl methyl sites for hydroxylation is 1. The third kappa shape index (κ3) is 3.46. The molecule has 3 N–H and O–H groups in total. The molecular formula is C16H19N5O4S. The van der Waals surface area contributed by atoms with E-state index >= 15 is 0 Å². The van der Waals surface area contributed by atoms with Crippen molar-refractivity contribution in [3.8, 4) is 0 Å². The molecule has 3 rings (SSSR count). The molecule has 1 aromatic heterocycles. The Morgan fingerprint density at radius 1 is 1.35 bits per heavy atom. The molecule has 0 spiro atoms. The summed E-state index contributed by atoms with van der Waals surface area (Å²) in [6, 6.07) is 6.21. The molecule has 1 aliphatic rings. The van der Waals surface area contributed by atoms with E-state index < -0.39 is 22.0 Å². The molecule has 0 aliphatic carbocycles. The number of primary amides is 1. The van der Waals surface area contributed by atoms with Gasteiger partial charge in [0.25, 0.3) is 0 Å². The molecule has 9 nitrogen and oxygen atoms in total. The number of aromatic nitrogens is 2. The summed E-state index contributed by atoms with van der Waals surface area (Å²) in [7, 11) is -2.26. The third-order valence-corrected chi connectivity index (χ3v) is 5.71. The average molecular weight is 377 g/mol. The monoisotopic (exact) mass is 377 g/mol. The van der Waals surface area contributed by atoms with E-state index in [0.717, 1.165) is 0 Å². The van der Waals surface area contributed by atoms with E-state index in [1.54, 1.807) is 24.0 Å². The second-order valence-corrected chi connectivity index (χ2v) is 7.73. The van der Waals surface area contributed by atoms with Crippen LogP contribution < -0.4 is 15.4 Å². The maximum absolute atomic E-state index is 12.7. The predicted octanol–water partition coefficient (Wildman–Crippen LogP) is -0.00710. The molecule has 2 heterocycles. The van der Waals surface area contributed by atoms with E-state index in [1.165, 1.54) is 29.2 Å². The van der Waals surface area contributed by atoms with Crippen LogP contribution in [0, 0.1) is 0 Å². The number of nitrogens with one attached hydrogen (secondary N) is 1. The van der Waals surface area contributed by atoms with Gasteiger partial charge in [0, 0.05) is 25.2 Å². The van der Waals surface area contributed by atoms with Crippen molar-refractivity contribution in [1.29, 1.82) is 0 Å². The first kappa shape index (κ1) is 18.1. The maximum atomic E-state index is 12.7. The maximum Gasteiger partial charge on any atom is 0.248 e. The Morgan fingerprint density at radius 2 is 2.12 bits per heavy atom. The highest BCUT2D eigenvalue weighted by atomic mass is 32.2. The molecular weight excluding hydrogens is 358 g/mol. The summed E-state index contributed by atoms with van der Waals surface area (Å²) >= 11 is 0. The number of anilines is 1. The number of sulfonamides is 1. The normalized spacial score (nSPS) is 18.1. The topological polar surface area (TPSA) is 127 Å². The van der Waals surface area contributed by atoms with E-state index in [2.05, 4.69) is 9.82 Å². The summed E-state index contributed by atoms with van der Waals surface area (Å²) in [5, 5.41) is 4.04. The highest BCUT2D eigenvalue weighted by Crippen LogP contribution is 2.21. The van der Waals surface area contributed by atoms with Crippen molar-refractivity contribution in [2.75, 3.05) is 11.4 Å². The molecule has 0 bridgehead atoms. The lowest BCUT2D eigenvalue weighted by molar-refractivity contribution is -0.121. The molecule has 1 aliphatic heterocycles. The van der Waals surface area contributed by atoms with Gasteiger partial charge in [-0.05, 0) is 31.0 Å². The number of carbonyl (C=O) groups is 2. The first-order valence-corrected chi connectivity index (χ1v) is 9.49. The van der Waals surface area contributed by atoms with Gasteiger partial charge in [-0.2, -0.15) is 9.82 Å². The first-order valence-electron chi connectivity index (χ1n) is 8.01. The van der Waals surface area contributed by atoms with E-state index in [0.29, 0.717) is 25.2 Å². The number of rotatable bonds is 5. The predicted molar refractivity (Wildman–Crippen MR) is 93.9 cm³/mol. The minimum absolute atomic E-state index is 0.0827. The average Bonchev–Trinajstić information content (AvgIpc) is 3.02. The number of hydrogen-bond acceptors (Lipinski definition) is 5. The van der Waals surface area contributed by atoms with Crippen molar-refractivity contribution in [3.05, 3.63) is 42.1 Å². The Morgan fingerprint density at radius 3 is 2.77 bits per heavy atom. The molecule has 2 aromatic rings. The fraction of sp³-hybridized carbons (Fsp3) is 0.312. The number of hydrogen-bond donors (Lipinski definition) is 2. The summed E-state index contributed by atoms with van der Waals surface area (Å²) < 4.78 is 29.3. The quantitative estimate of drug-likeness (QED) is 0.758. The molecule has 1 atom stereocenters. The zero-order chi connectivity index (χ0) is 18.9. The largest absolute Gasteiger partial charge is 0.366 e. The zero-order valence-corrected chi connectivity index (χ0v) is 14.9. The van der Waals surface area contributed by atoms with Gasteiger partial charge in [-0.15, -0.1) is 0 Å². The summed E-state index contributed by atoms with van der Waals surface area (Å²) in [6.45, 7) is 0.494. The van der Waals surface area contributed by atoms with Gasteiger partial charge < -0.3 is 5.73 Å². The minimum Gasteiger partial charge on any atom is -0.366 e. The molecule has 1 aromatic carbocycles. The number of piperidine rings is 1. The lowest BCUT2D eigenvalue weighted by Gasteiger charge is -2.32. The van der Waals surface area contributed by atoms with Crippen LogP contribution in [0.5, 0.6) is 0 Å². The zero-order valence-electron chi connectivity index (χ0n) is 14.1.